The molecule has 1 heterocycles. The number of likely N-dealkylation sites (N-methyl/N-ethyl adjacent to an activating group) is 1. The molecule has 122 valence electrons. The van der Waals surface area contributed by atoms with E-state index < -0.39 is 0 Å². The van der Waals surface area contributed by atoms with Gasteiger partial charge in [-0.25, -0.2) is 0 Å². The lowest BCUT2D eigenvalue weighted by atomic mass is 9.84. The molecule has 2 unspecified atom stereocenters. The van der Waals surface area contributed by atoms with Gasteiger partial charge in [-0.05, 0) is 38.9 Å². The Balaban J connectivity index is 3.01. The fraction of sp³-hybridized carbons (Fsp3) is 0.812. The highest BCUT2D eigenvalue weighted by molar-refractivity contribution is 5.13. The van der Waals surface area contributed by atoms with Crippen LogP contribution >= 0.6 is 0 Å². The maximum absolute atomic E-state index is 5.91. The average Bonchev–Trinajstić information content (AvgIpc) is 2.85. The van der Waals surface area contributed by atoms with Gasteiger partial charge in [0.2, 0.25) is 0 Å². The molecule has 0 amide bonds. The summed E-state index contributed by atoms with van der Waals surface area (Å²) in [6, 6.07) is 2.39. The second-order valence-corrected chi connectivity index (χ2v) is 5.91. The Morgan fingerprint density at radius 2 is 1.95 bits per heavy atom. The maximum Gasteiger partial charge on any atom is 0.0624 e. The van der Waals surface area contributed by atoms with Crippen molar-refractivity contribution in [3.05, 3.63) is 17.5 Å². The van der Waals surface area contributed by atoms with Crippen LogP contribution in [-0.2, 0) is 19.9 Å². The van der Waals surface area contributed by atoms with Crippen LogP contribution in [0.3, 0.4) is 0 Å². The zero-order valence-corrected chi connectivity index (χ0v) is 14.6. The number of rotatable bonds is 9. The first-order valence-corrected chi connectivity index (χ1v) is 8.19. The Bertz CT molecular complexity index is 424. The fourth-order valence-corrected chi connectivity index (χ4v) is 3.24. The molecule has 0 aliphatic rings. The van der Waals surface area contributed by atoms with Crippen LogP contribution in [0.4, 0.5) is 0 Å². The van der Waals surface area contributed by atoms with Crippen LogP contribution in [0.5, 0.6) is 0 Å². The number of hydrogen-bond donors (Lipinski definition) is 2. The quantitative estimate of drug-likeness (QED) is 0.539. The van der Waals surface area contributed by atoms with Crippen molar-refractivity contribution in [2.24, 2.45) is 12.9 Å². The molecule has 2 atom stereocenters. The molecule has 1 aromatic heterocycles. The van der Waals surface area contributed by atoms with Crippen LogP contribution in [0.1, 0.15) is 52.4 Å². The van der Waals surface area contributed by atoms with Gasteiger partial charge >= 0.3 is 0 Å². The van der Waals surface area contributed by atoms with Gasteiger partial charge in [-0.1, -0.05) is 27.7 Å². The summed E-state index contributed by atoms with van der Waals surface area (Å²) in [6.07, 6.45) is 2.92. The van der Waals surface area contributed by atoms with E-state index in [9.17, 15) is 0 Å². The minimum Gasteiger partial charge on any atom is -0.297 e. The van der Waals surface area contributed by atoms with Crippen molar-refractivity contribution in [2.75, 3.05) is 13.1 Å². The van der Waals surface area contributed by atoms with Gasteiger partial charge < -0.3 is 0 Å². The molecule has 0 radical (unpaired) electrons. The molecule has 0 saturated heterocycles. The van der Waals surface area contributed by atoms with E-state index in [0.717, 1.165) is 38.0 Å². The Hall–Kier alpha value is -0.910. The third kappa shape index (κ3) is 3.84. The molecule has 0 aliphatic carbocycles. The van der Waals surface area contributed by atoms with Gasteiger partial charge in [0.1, 0.15) is 0 Å². The number of nitrogens with zero attached hydrogens (tertiary/aromatic N) is 3. The van der Waals surface area contributed by atoms with Crippen LogP contribution < -0.4 is 11.3 Å². The van der Waals surface area contributed by atoms with E-state index in [1.165, 1.54) is 5.69 Å². The average molecular weight is 295 g/mol. The van der Waals surface area contributed by atoms with E-state index in [1.54, 1.807) is 0 Å². The predicted octanol–water partition coefficient (Wildman–Crippen LogP) is 1.87. The lowest BCUT2D eigenvalue weighted by molar-refractivity contribution is 0.0694. The molecular weight excluding hydrogens is 262 g/mol. The van der Waals surface area contributed by atoms with Crippen LogP contribution in [0.25, 0.3) is 0 Å². The van der Waals surface area contributed by atoms with E-state index in [2.05, 4.69) is 56.1 Å². The summed E-state index contributed by atoms with van der Waals surface area (Å²) in [5, 5.41) is 4.54. The zero-order valence-electron chi connectivity index (χ0n) is 14.6. The molecule has 0 saturated carbocycles. The molecule has 5 heteroatoms. The van der Waals surface area contributed by atoms with Gasteiger partial charge in [-0.3, -0.25) is 20.9 Å². The molecule has 0 bridgehead atoms. The van der Waals surface area contributed by atoms with Crippen molar-refractivity contribution in [3.8, 4) is 0 Å². The molecule has 0 spiro atoms. The first-order valence-electron chi connectivity index (χ1n) is 8.19. The Morgan fingerprint density at radius 3 is 2.33 bits per heavy atom. The third-order valence-corrected chi connectivity index (χ3v) is 4.96. The number of aryl methyl sites for hydroxylation is 2. The van der Waals surface area contributed by atoms with Crippen molar-refractivity contribution in [2.45, 2.75) is 65.5 Å². The number of hydrogen-bond acceptors (Lipinski definition) is 4. The number of hydrazine groups is 1. The minimum atomic E-state index is 0.0366. The highest BCUT2D eigenvalue weighted by Gasteiger charge is 2.36. The summed E-state index contributed by atoms with van der Waals surface area (Å²) in [6.45, 7) is 13.2. The molecule has 0 aromatic carbocycles. The second-order valence-electron chi connectivity index (χ2n) is 5.91. The van der Waals surface area contributed by atoms with Crippen LogP contribution in [0, 0.1) is 0 Å². The number of aromatic nitrogens is 2. The van der Waals surface area contributed by atoms with E-state index in [1.807, 2.05) is 11.7 Å². The van der Waals surface area contributed by atoms with Gasteiger partial charge in [-0.2, -0.15) is 5.10 Å². The van der Waals surface area contributed by atoms with Crippen molar-refractivity contribution in [3.63, 3.8) is 0 Å². The van der Waals surface area contributed by atoms with Gasteiger partial charge in [0.05, 0.1) is 5.69 Å². The molecule has 3 N–H and O–H groups in total. The maximum atomic E-state index is 5.91. The summed E-state index contributed by atoms with van der Waals surface area (Å²) in [7, 11) is 2.02. The Labute approximate surface area is 129 Å². The molecule has 0 fully saturated rings. The van der Waals surface area contributed by atoms with Crippen LogP contribution in [-0.4, -0.2) is 39.4 Å². The molecule has 1 rings (SSSR count). The molecule has 21 heavy (non-hydrogen) atoms. The number of nitrogens with two attached hydrogens (primary N) is 1. The van der Waals surface area contributed by atoms with Gasteiger partial charge in [0.25, 0.3) is 0 Å². The van der Waals surface area contributed by atoms with Crippen molar-refractivity contribution in [1.29, 1.82) is 0 Å². The summed E-state index contributed by atoms with van der Waals surface area (Å²) < 4.78 is 1.99. The third-order valence-electron chi connectivity index (χ3n) is 4.96. The highest BCUT2D eigenvalue weighted by atomic mass is 15.3. The van der Waals surface area contributed by atoms with E-state index in [4.69, 9.17) is 5.84 Å². The zero-order chi connectivity index (χ0) is 16.0. The van der Waals surface area contributed by atoms with Gasteiger partial charge in [0.15, 0.2) is 0 Å². The van der Waals surface area contributed by atoms with Crippen molar-refractivity contribution in [1.82, 2.24) is 20.1 Å². The molecular formula is C16H33N5. The van der Waals surface area contributed by atoms with Gasteiger partial charge in [0, 0.05) is 30.7 Å². The topological polar surface area (TPSA) is 59.1 Å². The standard InChI is InChI=1S/C16H33N5/c1-7-13-11-14(20(6)19-13)12-15(18-17)16(5,8-2)21(9-3)10-4/h11,15,18H,7-10,12,17H2,1-6H3. The first-order chi connectivity index (χ1) is 9.96. The van der Waals surface area contributed by atoms with E-state index in [-0.39, 0.29) is 11.6 Å². The first kappa shape index (κ1) is 18.1. The fourth-order valence-electron chi connectivity index (χ4n) is 3.24. The summed E-state index contributed by atoms with van der Waals surface area (Å²) >= 11 is 0. The minimum absolute atomic E-state index is 0.0366. The normalized spacial score (nSPS) is 16.2. The monoisotopic (exact) mass is 295 g/mol. The van der Waals surface area contributed by atoms with Crippen LogP contribution in [0.15, 0.2) is 6.07 Å². The van der Waals surface area contributed by atoms with E-state index >= 15 is 0 Å². The largest absolute Gasteiger partial charge is 0.297 e. The second kappa shape index (κ2) is 7.92. The van der Waals surface area contributed by atoms with Crippen molar-refractivity contribution < 1.29 is 0 Å². The summed E-state index contributed by atoms with van der Waals surface area (Å²) in [5.41, 5.74) is 5.48. The SMILES string of the molecule is CCc1cc(CC(NN)C(C)(CC)N(CC)CC)n(C)n1. The lowest BCUT2D eigenvalue weighted by Crippen LogP contribution is -2.61. The summed E-state index contributed by atoms with van der Waals surface area (Å²) in [5.74, 6) is 5.91. The van der Waals surface area contributed by atoms with Crippen LogP contribution in [0.2, 0.25) is 0 Å². The van der Waals surface area contributed by atoms with Gasteiger partial charge in [-0.15, -0.1) is 0 Å². The summed E-state index contributed by atoms with van der Waals surface area (Å²) in [4.78, 5) is 2.49. The Morgan fingerprint density at radius 1 is 1.33 bits per heavy atom. The molecule has 1 aromatic rings. The lowest BCUT2D eigenvalue weighted by Gasteiger charge is -2.45. The predicted molar refractivity (Wildman–Crippen MR) is 89.0 cm³/mol. The smallest absolute Gasteiger partial charge is 0.0624 e. The van der Waals surface area contributed by atoms with E-state index in [0.29, 0.717) is 0 Å². The molecule has 5 nitrogen and oxygen atoms in total. The number of nitrogens with one attached hydrogen (secondary N) is 1. The highest BCUT2D eigenvalue weighted by Crippen LogP contribution is 2.26. The van der Waals surface area contributed by atoms with Crippen molar-refractivity contribution >= 4 is 0 Å². The Kier molecular flexibility index (Phi) is 6.84. The molecule has 0 aliphatic heterocycles.